The Morgan fingerprint density at radius 2 is 2.12 bits per heavy atom. The maximum atomic E-state index is 12.3. The molecule has 0 radical (unpaired) electrons. The van der Waals surface area contributed by atoms with Gasteiger partial charge in [-0.1, -0.05) is 18.2 Å². The van der Waals surface area contributed by atoms with E-state index in [1.165, 1.54) is 0 Å². The van der Waals surface area contributed by atoms with Crippen molar-refractivity contribution in [2.75, 3.05) is 6.54 Å². The molecule has 1 fully saturated rings. The Morgan fingerprint density at radius 1 is 1.35 bits per heavy atom. The molecule has 1 aromatic carbocycles. The van der Waals surface area contributed by atoms with Gasteiger partial charge in [-0.2, -0.15) is 13.2 Å². The van der Waals surface area contributed by atoms with E-state index >= 15 is 0 Å². The van der Waals surface area contributed by atoms with Gasteiger partial charge in [0, 0.05) is 6.04 Å². The Morgan fingerprint density at radius 3 is 2.71 bits per heavy atom. The Kier molecular flexibility index (Phi) is 3.43. The van der Waals surface area contributed by atoms with Crippen LogP contribution in [-0.2, 0) is 6.42 Å². The molecule has 0 amide bonds. The van der Waals surface area contributed by atoms with Gasteiger partial charge in [0.15, 0.2) is 0 Å². The van der Waals surface area contributed by atoms with E-state index in [1.54, 1.807) is 18.2 Å². The van der Waals surface area contributed by atoms with Gasteiger partial charge in [0.25, 0.3) is 0 Å². The van der Waals surface area contributed by atoms with Crippen LogP contribution in [0.15, 0.2) is 18.2 Å². The van der Waals surface area contributed by atoms with Gasteiger partial charge in [0.05, 0.1) is 6.42 Å². The maximum absolute atomic E-state index is 12.3. The average molecular weight is 243 g/mol. The maximum Gasteiger partial charge on any atom is 0.393 e. The van der Waals surface area contributed by atoms with Crippen molar-refractivity contribution < 1.29 is 13.2 Å². The molecule has 4 heteroatoms. The predicted molar refractivity (Wildman–Crippen MR) is 60.9 cm³/mol. The van der Waals surface area contributed by atoms with Crippen LogP contribution in [0.25, 0.3) is 0 Å². The van der Waals surface area contributed by atoms with Crippen LogP contribution in [-0.4, -0.2) is 12.7 Å². The number of hydrogen-bond acceptors (Lipinski definition) is 1. The Bertz CT molecular complexity index is 392. The van der Waals surface area contributed by atoms with Crippen LogP contribution in [0, 0.1) is 6.92 Å². The fourth-order valence-corrected chi connectivity index (χ4v) is 2.36. The van der Waals surface area contributed by atoms with Crippen molar-refractivity contribution >= 4 is 0 Å². The molecular formula is C13H16F3N. The molecule has 1 aliphatic rings. The Hall–Kier alpha value is -1.03. The number of alkyl halides is 3. The molecule has 0 aromatic heterocycles. The van der Waals surface area contributed by atoms with Crippen molar-refractivity contribution in [3.63, 3.8) is 0 Å². The van der Waals surface area contributed by atoms with Gasteiger partial charge in [0.2, 0.25) is 0 Å². The number of hydrogen-bond donors (Lipinski definition) is 1. The number of aryl methyl sites for hydroxylation is 1. The first-order chi connectivity index (χ1) is 7.96. The van der Waals surface area contributed by atoms with E-state index in [2.05, 4.69) is 5.32 Å². The molecule has 1 aliphatic heterocycles. The molecule has 1 aromatic rings. The number of benzene rings is 1. The third-order valence-electron chi connectivity index (χ3n) is 3.18. The predicted octanol–water partition coefficient (Wildman–Crippen LogP) is 3.52. The van der Waals surface area contributed by atoms with E-state index in [0.717, 1.165) is 30.5 Å². The fourth-order valence-electron chi connectivity index (χ4n) is 2.36. The first-order valence-corrected chi connectivity index (χ1v) is 5.85. The third-order valence-corrected chi connectivity index (χ3v) is 3.18. The summed E-state index contributed by atoms with van der Waals surface area (Å²) in [5.74, 6) is 0. The summed E-state index contributed by atoms with van der Waals surface area (Å²) in [5, 5.41) is 3.32. The summed E-state index contributed by atoms with van der Waals surface area (Å²) in [4.78, 5) is 0. The highest BCUT2D eigenvalue weighted by atomic mass is 19.4. The topological polar surface area (TPSA) is 12.0 Å². The monoisotopic (exact) mass is 243 g/mol. The smallest absolute Gasteiger partial charge is 0.310 e. The van der Waals surface area contributed by atoms with Crippen LogP contribution in [0.2, 0.25) is 0 Å². The van der Waals surface area contributed by atoms with E-state index in [4.69, 9.17) is 0 Å². The summed E-state index contributed by atoms with van der Waals surface area (Å²) in [7, 11) is 0. The first kappa shape index (κ1) is 12.4. The van der Waals surface area contributed by atoms with Crippen molar-refractivity contribution in [3.05, 3.63) is 34.9 Å². The second-order valence-electron chi connectivity index (χ2n) is 4.63. The molecule has 0 spiro atoms. The van der Waals surface area contributed by atoms with E-state index in [1.807, 2.05) is 6.92 Å². The molecule has 0 saturated carbocycles. The van der Waals surface area contributed by atoms with Crippen molar-refractivity contribution in [2.24, 2.45) is 0 Å². The van der Waals surface area contributed by atoms with Gasteiger partial charge in [-0.15, -0.1) is 0 Å². The Balaban J connectivity index is 2.22. The minimum Gasteiger partial charge on any atom is -0.310 e. The molecule has 2 rings (SSSR count). The number of nitrogens with one attached hydrogen (secondary N) is 1. The second-order valence-corrected chi connectivity index (χ2v) is 4.63. The molecule has 1 saturated heterocycles. The summed E-state index contributed by atoms with van der Waals surface area (Å²) < 4.78 is 37.0. The van der Waals surface area contributed by atoms with Gasteiger partial charge < -0.3 is 5.32 Å². The van der Waals surface area contributed by atoms with Crippen LogP contribution in [0.4, 0.5) is 13.2 Å². The van der Waals surface area contributed by atoms with Crippen LogP contribution in [0.3, 0.4) is 0 Å². The number of halogens is 3. The zero-order valence-electron chi connectivity index (χ0n) is 9.77. The van der Waals surface area contributed by atoms with Gasteiger partial charge in [-0.05, 0) is 43.0 Å². The molecule has 1 N–H and O–H groups in total. The van der Waals surface area contributed by atoms with Crippen molar-refractivity contribution in [1.82, 2.24) is 5.32 Å². The molecule has 1 atom stereocenters. The molecule has 17 heavy (non-hydrogen) atoms. The van der Waals surface area contributed by atoms with Crippen LogP contribution in [0.1, 0.15) is 35.6 Å². The lowest BCUT2D eigenvalue weighted by atomic mass is 9.96. The summed E-state index contributed by atoms with van der Waals surface area (Å²) in [6.07, 6.45) is -2.87. The molecule has 1 nitrogen and oxygen atoms in total. The number of rotatable bonds is 2. The van der Waals surface area contributed by atoms with Crippen molar-refractivity contribution in [3.8, 4) is 0 Å². The van der Waals surface area contributed by atoms with Crippen LogP contribution >= 0.6 is 0 Å². The third kappa shape index (κ3) is 3.22. The highest BCUT2D eigenvalue weighted by molar-refractivity contribution is 5.34. The standard InChI is InChI=1S/C13H16F3N/c1-9-4-5-10(8-13(14,15)16)7-11(9)12-3-2-6-17-12/h4-5,7,12,17H,2-3,6,8H2,1H3. The molecule has 94 valence electrons. The molecular weight excluding hydrogens is 227 g/mol. The van der Waals surface area contributed by atoms with Crippen molar-refractivity contribution in [1.29, 1.82) is 0 Å². The van der Waals surface area contributed by atoms with E-state index in [0.29, 0.717) is 5.56 Å². The fraction of sp³-hybridized carbons (Fsp3) is 0.538. The molecule has 0 bridgehead atoms. The van der Waals surface area contributed by atoms with Gasteiger partial charge in [-0.3, -0.25) is 0 Å². The van der Waals surface area contributed by atoms with Gasteiger partial charge in [0.1, 0.15) is 0 Å². The highest BCUT2D eigenvalue weighted by Crippen LogP contribution is 2.29. The van der Waals surface area contributed by atoms with E-state index in [9.17, 15) is 13.2 Å². The van der Waals surface area contributed by atoms with E-state index < -0.39 is 12.6 Å². The summed E-state index contributed by atoms with van der Waals surface area (Å²) in [6, 6.07) is 5.28. The highest BCUT2D eigenvalue weighted by Gasteiger charge is 2.28. The first-order valence-electron chi connectivity index (χ1n) is 5.85. The largest absolute Gasteiger partial charge is 0.393 e. The minimum atomic E-state index is -4.13. The quantitative estimate of drug-likeness (QED) is 0.838. The normalized spacial score (nSPS) is 20.8. The average Bonchev–Trinajstić information content (AvgIpc) is 2.72. The lowest BCUT2D eigenvalue weighted by Crippen LogP contribution is -2.16. The SMILES string of the molecule is Cc1ccc(CC(F)(F)F)cc1C1CCCN1. The lowest BCUT2D eigenvalue weighted by Gasteiger charge is -2.16. The van der Waals surface area contributed by atoms with Crippen LogP contribution < -0.4 is 5.32 Å². The van der Waals surface area contributed by atoms with Crippen LogP contribution in [0.5, 0.6) is 0 Å². The van der Waals surface area contributed by atoms with Crippen molar-refractivity contribution in [2.45, 2.75) is 38.4 Å². The summed E-state index contributed by atoms with van der Waals surface area (Å²) in [5.41, 5.74) is 2.44. The van der Waals surface area contributed by atoms with Gasteiger partial charge in [-0.25, -0.2) is 0 Å². The zero-order chi connectivity index (χ0) is 12.5. The van der Waals surface area contributed by atoms with Gasteiger partial charge >= 0.3 is 6.18 Å². The summed E-state index contributed by atoms with van der Waals surface area (Å²) in [6.45, 7) is 2.90. The van der Waals surface area contributed by atoms with E-state index in [-0.39, 0.29) is 6.04 Å². The lowest BCUT2D eigenvalue weighted by molar-refractivity contribution is -0.127. The molecule has 1 unspecified atom stereocenters. The second kappa shape index (κ2) is 4.69. The molecule has 0 aliphatic carbocycles. The minimum absolute atomic E-state index is 0.225. The summed E-state index contributed by atoms with van der Waals surface area (Å²) >= 11 is 0. The zero-order valence-corrected chi connectivity index (χ0v) is 9.77. The molecule has 1 heterocycles. The Labute approximate surface area is 99.0 Å².